The highest BCUT2D eigenvalue weighted by molar-refractivity contribution is 7.40. The fourth-order valence-corrected chi connectivity index (χ4v) is 0.572. The average molecular weight is 167 g/mol. The van der Waals surface area contributed by atoms with Crippen LogP contribution in [0.25, 0.3) is 0 Å². The van der Waals surface area contributed by atoms with Crippen LogP contribution < -0.4 is 9.79 Å². The van der Waals surface area contributed by atoms with Gasteiger partial charge in [0.15, 0.2) is 0 Å². The predicted octanol–water partition coefficient (Wildman–Crippen LogP) is -0.697. The minimum atomic E-state index is -2.73. The molecular weight excluding hydrogens is 162 g/mol. The molecule has 0 saturated carbocycles. The van der Waals surface area contributed by atoms with Crippen molar-refractivity contribution in [3.05, 3.63) is 0 Å². The van der Waals surface area contributed by atoms with Crippen LogP contribution in [0.3, 0.4) is 0 Å². The van der Waals surface area contributed by atoms with Crippen molar-refractivity contribution in [2.75, 3.05) is 6.54 Å². The van der Waals surface area contributed by atoms with Gasteiger partial charge in [-0.05, 0) is 11.8 Å². The number of halogens is 1. The lowest BCUT2D eigenvalue weighted by Gasteiger charge is -2.36. The minimum Gasteiger partial charge on any atom is -0.829 e. The van der Waals surface area contributed by atoms with Crippen molar-refractivity contribution < 1.29 is 9.79 Å². The third-order valence-electron chi connectivity index (χ3n) is 0.585. The van der Waals surface area contributed by atoms with E-state index in [0.717, 1.165) is 0 Å². The van der Waals surface area contributed by atoms with Gasteiger partial charge in [-0.1, -0.05) is 0 Å². The summed E-state index contributed by atoms with van der Waals surface area (Å²) in [5.41, 5.74) is 0. The summed E-state index contributed by atoms with van der Waals surface area (Å²) in [5, 5.41) is 7.96. The predicted molar refractivity (Wildman–Crippen MR) is 29.7 cm³/mol. The lowest BCUT2D eigenvalue weighted by atomic mass is 10.5. The summed E-state index contributed by atoms with van der Waals surface area (Å²) >= 11 is 5.08. The second-order valence-corrected chi connectivity index (χ2v) is 2.81. The highest BCUT2D eigenvalue weighted by atomic mass is 35.5. The minimum absolute atomic E-state index is 0.0523. The largest absolute Gasteiger partial charge is 0.829 e. The van der Waals surface area contributed by atoms with Gasteiger partial charge in [-0.25, -0.2) is 12.7 Å². The Hall–Kier alpha value is 0.0900. The van der Waals surface area contributed by atoms with Crippen LogP contribution in [0, 0.1) is 11.3 Å². The molecule has 0 aliphatic rings. The van der Waals surface area contributed by atoms with Crippen molar-refractivity contribution in [1.29, 1.82) is 5.26 Å². The Morgan fingerprint density at radius 1 is 1.67 bits per heavy atom. The van der Waals surface area contributed by atoms with Gasteiger partial charge in [0.05, 0.1) is 6.07 Å². The summed E-state index contributed by atoms with van der Waals surface area (Å²) < 4.78 is 0.582. The summed E-state index contributed by atoms with van der Waals surface area (Å²) in [4.78, 5) is 19.9. The zero-order chi connectivity index (χ0) is 7.28. The molecule has 0 rings (SSSR count). The van der Waals surface area contributed by atoms with E-state index >= 15 is 0 Å². The first-order chi connectivity index (χ1) is 4.18. The molecule has 0 aromatic carbocycles. The Morgan fingerprint density at radius 2 is 2.22 bits per heavy atom. The average Bonchev–Trinajstić information content (AvgIpc) is 1.82. The van der Waals surface area contributed by atoms with Crippen molar-refractivity contribution in [3.63, 3.8) is 0 Å². The summed E-state index contributed by atoms with van der Waals surface area (Å²) in [6.07, 6.45) is 0.118. The molecule has 0 aliphatic carbocycles. The van der Waals surface area contributed by atoms with E-state index in [9.17, 15) is 9.79 Å². The Balaban J connectivity index is 3.29. The first-order valence-electron chi connectivity index (χ1n) is 2.13. The summed E-state index contributed by atoms with van der Waals surface area (Å²) in [6.45, 7) is 0.0523. The molecule has 0 unspecified atom stereocenters. The molecule has 0 atom stereocenters. The molecule has 0 spiro atoms. The van der Waals surface area contributed by atoms with E-state index in [0.29, 0.717) is 4.19 Å². The van der Waals surface area contributed by atoms with Crippen molar-refractivity contribution in [3.8, 4) is 6.07 Å². The molecular formula is C3H4ClN2O2P-2. The molecule has 0 aromatic heterocycles. The summed E-state index contributed by atoms with van der Waals surface area (Å²) in [6, 6.07) is 1.76. The van der Waals surface area contributed by atoms with Gasteiger partial charge in [0.1, 0.15) is 0 Å². The lowest BCUT2D eigenvalue weighted by molar-refractivity contribution is -0.302. The van der Waals surface area contributed by atoms with Gasteiger partial charge in [0.25, 0.3) is 0 Å². The third-order valence-corrected chi connectivity index (χ3v) is 1.68. The molecule has 52 valence electrons. The maximum absolute atomic E-state index is 9.93. The van der Waals surface area contributed by atoms with Crippen LogP contribution in [0.1, 0.15) is 6.42 Å². The van der Waals surface area contributed by atoms with Gasteiger partial charge in [-0.3, -0.25) is 0 Å². The van der Waals surface area contributed by atoms with Gasteiger partial charge in [0.2, 0.25) is 0 Å². The van der Waals surface area contributed by atoms with Crippen LogP contribution in [-0.4, -0.2) is 10.7 Å². The first-order valence-corrected chi connectivity index (χ1v) is 3.60. The van der Waals surface area contributed by atoms with Crippen LogP contribution in [0.15, 0.2) is 0 Å². The third kappa shape index (κ3) is 4.58. The maximum Gasteiger partial charge on any atom is 0.0635 e. The molecule has 0 aromatic rings. The Bertz CT molecular complexity index is 115. The Morgan fingerprint density at radius 3 is 2.56 bits per heavy atom. The molecule has 0 heterocycles. The second-order valence-electron chi connectivity index (χ2n) is 1.21. The standard InChI is InChI=1S/C3H4ClN2O2P/c4-6(9(7)8)3-1-2-5/h1,3H2/q-2. The van der Waals surface area contributed by atoms with Crippen molar-refractivity contribution in [2.24, 2.45) is 0 Å². The molecule has 4 nitrogen and oxygen atoms in total. The monoisotopic (exact) mass is 166 g/mol. The molecule has 0 amide bonds. The van der Waals surface area contributed by atoms with E-state index in [1.54, 1.807) is 6.07 Å². The van der Waals surface area contributed by atoms with E-state index in [4.69, 9.17) is 17.0 Å². The van der Waals surface area contributed by atoms with E-state index in [2.05, 4.69) is 0 Å². The summed E-state index contributed by atoms with van der Waals surface area (Å²) in [7, 11) is -2.73. The van der Waals surface area contributed by atoms with Crippen molar-refractivity contribution >= 4 is 20.3 Å². The number of rotatable bonds is 3. The van der Waals surface area contributed by atoms with E-state index in [1.807, 2.05) is 0 Å². The smallest absolute Gasteiger partial charge is 0.0635 e. The summed E-state index contributed by atoms with van der Waals surface area (Å²) in [5.74, 6) is 0. The highest BCUT2D eigenvalue weighted by Gasteiger charge is 1.92. The van der Waals surface area contributed by atoms with Crippen LogP contribution in [-0.2, 0) is 0 Å². The van der Waals surface area contributed by atoms with Gasteiger partial charge in [0, 0.05) is 13.0 Å². The highest BCUT2D eigenvalue weighted by Crippen LogP contribution is 2.21. The Kier molecular flexibility index (Phi) is 4.97. The lowest BCUT2D eigenvalue weighted by Crippen LogP contribution is -2.22. The van der Waals surface area contributed by atoms with Crippen LogP contribution in [0.2, 0.25) is 0 Å². The molecule has 0 fully saturated rings. The normalized spacial score (nSPS) is 10.2. The van der Waals surface area contributed by atoms with Gasteiger partial charge in [-0.2, -0.15) is 5.26 Å². The first kappa shape index (κ1) is 9.09. The molecule has 0 radical (unpaired) electrons. The quantitative estimate of drug-likeness (QED) is 0.411. The maximum atomic E-state index is 9.93. The number of nitrogens with zero attached hydrogens (tertiary/aromatic N) is 2. The molecule has 0 aliphatic heterocycles. The topological polar surface area (TPSA) is 73.2 Å². The number of hydrogen-bond donors (Lipinski definition) is 0. The fraction of sp³-hybridized carbons (Fsp3) is 0.667. The fourth-order valence-electron chi connectivity index (χ4n) is 0.224. The molecule has 0 saturated heterocycles. The molecule has 6 heteroatoms. The van der Waals surface area contributed by atoms with Crippen molar-refractivity contribution in [2.45, 2.75) is 6.42 Å². The molecule has 0 N–H and O–H groups in total. The van der Waals surface area contributed by atoms with Crippen LogP contribution in [0.4, 0.5) is 0 Å². The number of hydrogen-bond acceptors (Lipinski definition) is 4. The van der Waals surface area contributed by atoms with Gasteiger partial charge >= 0.3 is 0 Å². The second kappa shape index (κ2) is 4.92. The number of nitriles is 1. The van der Waals surface area contributed by atoms with E-state index < -0.39 is 8.53 Å². The Labute approximate surface area is 59.4 Å². The van der Waals surface area contributed by atoms with Crippen molar-refractivity contribution in [1.82, 2.24) is 4.19 Å². The van der Waals surface area contributed by atoms with Crippen LogP contribution >= 0.6 is 20.3 Å². The SMILES string of the molecule is N#CCCN(Cl)P([O-])[O-]. The zero-order valence-electron chi connectivity index (χ0n) is 4.45. The molecule has 9 heavy (non-hydrogen) atoms. The van der Waals surface area contributed by atoms with E-state index in [-0.39, 0.29) is 13.0 Å². The van der Waals surface area contributed by atoms with Gasteiger partial charge < -0.3 is 9.79 Å². The van der Waals surface area contributed by atoms with Gasteiger partial charge in [-0.15, -0.1) is 0 Å². The molecule has 0 bridgehead atoms. The zero-order valence-corrected chi connectivity index (χ0v) is 6.10. The van der Waals surface area contributed by atoms with Crippen LogP contribution in [0.5, 0.6) is 0 Å². The van der Waals surface area contributed by atoms with E-state index in [1.165, 1.54) is 0 Å².